The van der Waals surface area contributed by atoms with E-state index in [9.17, 15) is 0 Å². The van der Waals surface area contributed by atoms with Gasteiger partial charge in [-0.1, -0.05) is 104 Å². The smallest absolute Gasteiger partial charge is 0.160 e. The number of allylic oxidation sites excluding steroid dienone is 4. The quantitative estimate of drug-likeness (QED) is 0.178. The average Bonchev–Trinajstić information content (AvgIpc) is 3.42. The van der Waals surface area contributed by atoms with E-state index < -0.39 is 0 Å². The maximum atomic E-state index is 8.57. The number of fused-ring (bicyclic) bond motifs is 5. The summed E-state index contributed by atoms with van der Waals surface area (Å²) in [7, 11) is 0. The number of nitrogens with zero attached hydrogens (tertiary/aromatic N) is 2. The van der Waals surface area contributed by atoms with Crippen LogP contribution in [0.1, 0.15) is 16.7 Å². The summed E-state index contributed by atoms with van der Waals surface area (Å²) in [5.74, 6) is 0.218. The monoisotopic (exact) mass is 541 g/mol. The molecular weight excluding hydrogens is 514 g/mol. The van der Waals surface area contributed by atoms with Gasteiger partial charge in [-0.05, 0) is 58.7 Å². The zero-order chi connectivity index (χ0) is 28.5. The lowest BCUT2D eigenvalue weighted by Gasteiger charge is -2.25. The van der Waals surface area contributed by atoms with Gasteiger partial charge >= 0.3 is 0 Å². The molecule has 6 aromatic rings. The zero-order valence-electron chi connectivity index (χ0n) is 22.9. The predicted molar refractivity (Wildman–Crippen MR) is 176 cm³/mol. The van der Waals surface area contributed by atoms with Crippen molar-refractivity contribution in [3.05, 3.63) is 163 Å². The zero-order valence-corrected chi connectivity index (χ0v) is 22.9. The summed E-state index contributed by atoms with van der Waals surface area (Å²) in [6.07, 6.45) is 9.81. The molecular formula is C38H27N3O. The van der Waals surface area contributed by atoms with Gasteiger partial charge in [0, 0.05) is 40.0 Å². The van der Waals surface area contributed by atoms with Crippen molar-refractivity contribution in [2.75, 3.05) is 4.90 Å². The van der Waals surface area contributed by atoms with E-state index in [4.69, 9.17) is 9.83 Å². The predicted octanol–water partition coefficient (Wildman–Crippen LogP) is 9.93. The van der Waals surface area contributed by atoms with Crippen LogP contribution in [0.2, 0.25) is 0 Å². The summed E-state index contributed by atoms with van der Waals surface area (Å²) in [6.45, 7) is 4.32. The second-order valence-corrected chi connectivity index (χ2v) is 10.2. The van der Waals surface area contributed by atoms with Gasteiger partial charge in [-0.25, -0.2) is 4.99 Å². The lowest BCUT2D eigenvalue weighted by molar-refractivity contribution is 0.669. The first-order valence-electron chi connectivity index (χ1n) is 13.8. The standard InChI is InChI=1S/C38H27N3O/c1-26-10-7-8-23-41(36-32(26)21-22-34-33-15-5-6-16-35(33)42-37(34)36)31-19-17-27(18-20-31)25-40-38(39)30-14-9-13-29(24-30)28-11-3-2-4-12-28/h2-25,39H,1H2/b10-7-,23-8-,39-38?,40-25?. The SMILES string of the molecule is C=C1/C=C\C=C/N(c2ccc(C=NC(=N)c3cccc(-c4ccccc4)c3)cc2)c2c1ccc1c2oc2ccccc21. The largest absolute Gasteiger partial charge is 0.454 e. The minimum atomic E-state index is 0.218. The Balaban J connectivity index is 1.21. The Morgan fingerprint density at radius 2 is 1.55 bits per heavy atom. The van der Waals surface area contributed by atoms with Crippen LogP contribution in [-0.2, 0) is 0 Å². The van der Waals surface area contributed by atoms with E-state index in [-0.39, 0.29) is 5.84 Å². The van der Waals surface area contributed by atoms with Gasteiger partial charge in [-0.3, -0.25) is 5.41 Å². The fraction of sp³-hybridized carbons (Fsp3) is 0. The van der Waals surface area contributed by atoms with Crippen LogP contribution in [0.3, 0.4) is 0 Å². The Kier molecular flexibility index (Phi) is 6.42. The van der Waals surface area contributed by atoms with Crippen LogP contribution < -0.4 is 4.90 Å². The molecule has 1 aliphatic heterocycles. The molecule has 1 N–H and O–H groups in total. The highest BCUT2D eigenvalue weighted by molar-refractivity contribution is 6.12. The second kappa shape index (κ2) is 10.7. The summed E-state index contributed by atoms with van der Waals surface area (Å²) in [4.78, 5) is 6.62. The molecule has 42 heavy (non-hydrogen) atoms. The van der Waals surface area contributed by atoms with Crippen molar-refractivity contribution >= 4 is 50.9 Å². The van der Waals surface area contributed by atoms with E-state index in [0.717, 1.165) is 66.7 Å². The number of anilines is 2. The van der Waals surface area contributed by atoms with Crippen LogP contribution in [0.25, 0.3) is 38.6 Å². The van der Waals surface area contributed by atoms with Gasteiger partial charge in [0.25, 0.3) is 0 Å². The first-order valence-corrected chi connectivity index (χ1v) is 13.8. The highest BCUT2D eigenvalue weighted by atomic mass is 16.3. The van der Waals surface area contributed by atoms with Crippen molar-refractivity contribution in [2.24, 2.45) is 4.99 Å². The average molecular weight is 542 g/mol. The molecule has 0 atom stereocenters. The van der Waals surface area contributed by atoms with Crippen molar-refractivity contribution in [2.45, 2.75) is 0 Å². The van der Waals surface area contributed by atoms with Crippen LogP contribution >= 0.6 is 0 Å². The maximum absolute atomic E-state index is 8.57. The summed E-state index contributed by atoms with van der Waals surface area (Å²) < 4.78 is 6.43. The van der Waals surface area contributed by atoms with Crippen LogP contribution in [0.5, 0.6) is 0 Å². The number of para-hydroxylation sites is 1. The molecule has 0 amide bonds. The number of nitrogens with one attached hydrogen (secondary N) is 1. The number of furan rings is 1. The first-order chi connectivity index (χ1) is 20.7. The van der Waals surface area contributed by atoms with E-state index in [0.29, 0.717) is 0 Å². The molecule has 5 aromatic carbocycles. The number of amidine groups is 1. The molecule has 4 nitrogen and oxygen atoms in total. The lowest BCUT2D eigenvalue weighted by Crippen LogP contribution is -2.11. The van der Waals surface area contributed by atoms with E-state index >= 15 is 0 Å². The van der Waals surface area contributed by atoms with E-state index in [1.165, 1.54) is 0 Å². The molecule has 0 saturated carbocycles. The Morgan fingerprint density at radius 1 is 0.762 bits per heavy atom. The molecule has 0 unspecified atom stereocenters. The molecule has 0 bridgehead atoms. The Bertz CT molecular complexity index is 2060. The van der Waals surface area contributed by atoms with Gasteiger partial charge < -0.3 is 9.32 Å². The third kappa shape index (κ3) is 4.65. The minimum absolute atomic E-state index is 0.218. The molecule has 4 heteroatoms. The first kappa shape index (κ1) is 25.2. The van der Waals surface area contributed by atoms with Crippen molar-refractivity contribution in [1.82, 2.24) is 0 Å². The molecule has 0 aliphatic carbocycles. The highest BCUT2D eigenvalue weighted by Gasteiger charge is 2.21. The third-order valence-corrected chi connectivity index (χ3v) is 7.51. The summed E-state index contributed by atoms with van der Waals surface area (Å²) in [5, 5.41) is 10.7. The van der Waals surface area contributed by atoms with Crippen molar-refractivity contribution < 1.29 is 4.42 Å². The number of aliphatic imine (C=N–C) groups is 1. The van der Waals surface area contributed by atoms with Crippen LogP contribution in [0.4, 0.5) is 11.4 Å². The topological polar surface area (TPSA) is 52.6 Å². The van der Waals surface area contributed by atoms with Crippen molar-refractivity contribution in [3.63, 3.8) is 0 Å². The van der Waals surface area contributed by atoms with E-state index in [2.05, 4.69) is 65.0 Å². The molecule has 0 radical (unpaired) electrons. The molecule has 1 aromatic heterocycles. The third-order valence-electron chi connectivity index (χ3n) is 7.51. The Morgan fingerprint density at radius 3 is 2.40 bits per heavy atom. The van der Waals surface area contributed by atoms with Gasteiger partial charge in [-0.2, -0.15) is 0 Å². The molecule has 0 saturated heterocycles. The van der Waals surface area contributed by atoms with Gasteiger partial charge in [-0.15, -0.1) is 0 Å². The van der Waals surface area contributed by atoms with E-state index in [1.807, 2.05) is 91.2 Å². The molecule has 200 valence electrons. The minimum Gasteiger partial charge on any atom is -0.454 e. The molecule has 0 fully saturated rings. The fourth-order valence-electron chi connectivity index (χ4n) is 5.37. The van der Waals surface area contributed by atoms with Gasteiger partial charge in [0.05, 0.1) is 5.69 Å². The summed E-state index contributed by atoms with van der Waals surface area (Å²) in [6, 6.07) is 38.6. The summed E-state index contributed by atoms with van der Waals surface area (Å²) in [5.41, 5.74) is 9.41. The Hall–Kier alpha value is -5.74. The fourth-order valence-corrected chi connectivity index (χ4v) is 5.37. The lowest BCUT2D eigenvalue weighted by atomic mass is 9.99. The Labute approximate surface area is 244 Å². The van der Waals surface area contributed by atoms with E-state index in [1.54, 1.807) is 6.21 Å². The molecule has 0 spiro atoms. The molecule has 7 rings (SSSR count). The van der Waals surface area contributed by atoms with Gasteiger partial charge in [0.2, 0.25) is 0 Å². The summed E-state index contributed by atoms with van der Waals surface area (Å²) >= 11 is 0. The molecule has 1 aliphatic rings. The second-order valence-electron chi connectivity index (χ2n) is 10.2. The number of hydrogen-bond acceptors (Lipinski definition) is 3. The number of benzene rings is 5. The van der Waals surface area contributed by atoms with Crippen molar-refractivity contribution in [1.29, 1.82) is 5.41 Å². The van der Waals surface area contributed by atoms with Gasteiger partial charge in [0.1, 0.15) is 5.58 Å². The van der Waals surface area contributed by atoms with Gasteiger partial charge in [0.15, 0.2) is 11.4 Å². The number of rotatable bonds is 4. The van der Waals surface area contributed by atoms with Crippen LogP contribution in [-0.4, -0.2) is 12.1 Å². The highest BCUT2D eigenvalue weighted by Crippen LogP contribution is 2.43. The van der Waals surface area contributed by atoms with Crippen LogP contribution in [0, 0.1) is 5.41 Å². The van der Waals surface area contributed by atoms with Crippen LogP contribution in [0.15, 0.2) is 156 Å². The number of hydrogen-bond donors (Lipinski definition) is 1. The molecule has 2 heterocycles. The maximum Gasteiger partial charge on any atom is 0.160 e. The van der Waals surface area contributed by atoms with Crippen molar-refractivity contribution in [3.8, 4) is 11.1 Å². The normalized spacial score (nSPS) is 14.6.